The number of hydrogen-bond donors (Lipinski definition) is 0. The molecule has 0 N–H and O–H groups in total. The van der Waals surface area contributed by atoms with E-state index in [1.165, 1.54) is 11.1 Å². The van der Waals surface area contributed by atoms with Gasteiger partial charge in [0.25, 0.3) is 5.91 Å². The van der Waals surface area contributed by atoms with Crippen LogP contribution in [-0.4, -0.2) is 38.3 Å². The molecule has 9 nitrogen and oxygen atoms in total. The molecule has 146 valence electrons. The van der Waals surface area contributed by atoms with E-state index in [-0.39, 0.29) is 12.5 Å². The smallest absolute Gasteiger partial charge is 0.332 e. The number of nitriles is 1. The maximum absolute atomic E-state index is 12.8. The molecule has 4 rings (SSSR count). The molecule has 2 aromatic heterocycles. The van der Waals surface area contributed by atoms with Crippen molar-refractivity contribution in [2.45, 2.75) is 26.9 Å². The Morgan fingerprint density at radius 3 is 2.59 bits per heavy atom. The molecule has 9 heteroatoms. The number of hydrogen-bond acceptors (Lipinski definition) is 6. The van der Waals surface area contributed by atoms with Crippen LogP contribution in [0, 0.1) is 25.2 Å². The largest absolute Gasteiger partial charge is 0.361 e. The summed E-state index contributed by atoms with van der Waals surface area (Å²) in [7, 11) is 0. The maximum atomic E-state index is 12.8. The average Bonchev–Trinajstić information content (AvgIpc) is 3.37. The highest BCUT2D eigenvalue weighted by Crippen LogP contribution is 2.23. The van der Waals surface area contributed by atoms with Gasteiger partial charge in [-0.05, 0) is 31.5 Å². The minimum atomic E-state index is -0.392. The zero-order valence-corrected chi connectivity index (χ0v) is 16.0. The van der Waals surface area contributed by atoms with Gasteiger partial charge in [-0.1, -0.05) is 17.3 Å². The lowest BCUT2D eigenvalue weighted by Crippen LogP contribution is -2.32. The monoisotopic (exact) mass is 390 g/mol. The topological polar surface area (TPSA) is 108 Å². The van der Waals surface area contributed by atoms with Gasteiger partial charge in [0.05, 0.1) is 35.8 Å². The number of aryl methyl sites for hydroxylation is 2. The molecule has 3 amide bonds. The van der Waals surface area contributed by atoms with Crippen molar-refractivity contribution in [2.75, 3.05) is 11.4 Å². The fourth-order valence-corrected chi connectivity index (χ4v) is 3.28. The van der Waals surface area contributed by atoms with Crippen LogP contribution in [0.15, 0.2) is 41.2 Å². The lowest BCUT2D eigenvalue weighted by atomic mass is 10.1. The molecule has 3 heterocycles. The highest BCUT2D eigenvalue weighted by molar-refractivity contribution is 6.19. The lowest BCUT2D eigenvalue weighted by molar-refractivity contribution is -0.116. The van der Waals surface area contributed by atoms with E-state index in [1.807, 2.05) is 13.8 Å². The number of nitrogens with zero attached hydrogens (tertiary/aromatic N) is 6. The Morgan fingerprint density at radius 1 is 1.17 bits per heavy atom. The van der Waals surface area contributed by atoms with E-state index in [2.05, 4.69) is 16.3 Å². The predicted molar refractivity (Wildman–Crippen MR) is 102 cm³/mol. The second-order valence-corrected chi connectivity index (χ2v) is 6.88. The highest BCUT2D eigenvalue weighted by atomic mass is 16.5. The van der Waals surface area contributed by atoms with Crippen LogP contribution in [0.3, 0.4) is 0 Å². The quantitative estimate of drug-likeness (QED) is 0.619. The fourth-order valence-electron chi connectivity index (χ4n) is 3.28. The standard InChI is InChI=1S/C20H18N6O3/c1-13-18(14(2)29-23-13)11-25-10-17(8-22-25)26-19(27)12-24(20(26)28)9-16-5-3-15(7-21)4-6-16/h3-6,8,10H,9,11-12H2,1-2H3. The second kappa shape index (κ2) is 7.24. The molecular formula is C20H18N6O3. The predicted octanol–water partition coefficient (Wildman–Crippen LogP) is 2.38. The summed E-state index contributed by atoms with van der Waals surface area (Å²) in [6.07, 6.45) is 3.16. The number of amides is 3. The van der Waals surface area contributed by atoms with E-state index in [9.17, 15) is 9.59 Å². The van der Waals surface area contributed by atoms with E-state index >= 15 is 0 Å². The molecule has 1 fully saturated rings. The zero-order valence-electron chi connectivity index (χ0n) is 16.0. The Bertz CT molecular complexity index is 1100. The minimum absolute atomic E-state index is 0.00607. The van der Waals surface area contributed by atoms with Gasteiger partial charge in [-0.2, -0.15) is 10.4 Å². The summed E-state index contributed by atoms with van der Waals surface area (Å²) >= 11 is 0. The summed E-state index contributed by atoms with van der Waals surface area (Å²) in [5, 5.41) is 17.1. The Hall–Kier alpha value is -3.93. The van der Waals surface area contributed by atoms with Crippen molar-refractivity contribution < 1.29 is 14.1 Å². The molecule has 1 aliphatic heterocycles. The molecule has 1 aromatic carbocycles. The SMILES string of the molecule is Cc1noc(C)c1Cn1cc(N2C(=O)CN(Cc3ccc(C#N)cc3)C2=O)cn1. The van der Waals surface area contributed by atoms with Crippen LogP contribution in [0.2, 0.25) is 0 Å². The minimum Gasteiger partial charge on any atom is -0.361 e. The lowest BCUT2D eigenvalue weighted by Gasteiger charge is -2.16. The van der Waals surface area contributed by atoms with Crippen molar-refractivity contribution in [3.05, 3.63) is 64.8 Å². The van der Waals surface area contributed by atoms with Crippen LogP contribution >= 0.6 is 0 Å². The van der Waals surface area contributed by atoms with Crippen LogP contribution in [0.5, 0.6) is 0 Å². The number of imide groups is 1. The first-order valence-electron chi connectivity index (χ1n) is 9.01. The second-order valence-electron chi connectivity index (χ2n) is 6.88. The van der Waals surface area contributed by atoms with E-state index in [0.29, 0.717) is 30.1 Å². The van der Waals surface area contributed by atoms with E-state index < -0.39 is 6.03 Å². The molecule has 29 heavy (non-hydrogen) atoms. The van der Waals surface area contributed by atoms with Gasteiger partial charge in [0, 0.05) is 18.3 Å². The van der Waals surface area contributed by atoms with Crippen molar-refractivity contribution in [1.82, 2.24) is 19.8 Å². The molecule has 0 aliphatic carbocycles. The maximum Gasteiger partial charge on any atom is 0.332 e. The summed E-state index contributed by atoms with van der Waals surface area (Å²) in [4.78, 5) is 27.9. The van der Waals surface area contributed by atoms with Gasteiger partial charge in [0.15, 0.2) is 0 Å². The van der Waals surface area contributed by atoms with E-state index in [1.54, 1.807) is 35.1 Å². The molecule has 0 spiro atoms. The number of anilines is 1. The Balaban J connectivity index is 1.49. The Labute approximate surface area is 166 Å². The van der Waals surface area contributed by atoms with E-state index in [0.717, 1.165) is 21.7 Å². The number of rotatable bonds is 5. The summed E-state index contributed by atoms with van der Waals surface area (Å²) in [6.45, 7) is 4.40. The molecular weight excluding hydrogens is 372 g/mol. The number of aromatic nitrogens is 3. The third kappa shape index (κ3) is 3.48. The van der Waals surface area contributed by atoms with Gasteiger partial charge in [0.1, 0.15) is 12.3 Å². The Kier molecular flexibility index (Phi) is 4.60. The van der Waals surface area contributed by atoms with Crippen molar-refractivity contribution in [3.63, 3.8) is 0 Å². The zero-order chi connectivity index (χ0) is 20.5. The van der Waals surface area contributed by atoms with E-state index in [4.69, 9.17) is 9.78 Å². The van der Waals surface area contributed by atoms with Crippen molar-refractivity contribution in [2.24, 2.45) is 0 Å². The van der Waals surface area contributed by atoms with Crippen molar-refractivity contribution in [3.8, 4) is 6.07 Å². The fraction of sp³-hybridized carbons (Fsp3) is 0.250. The van der Waals surface area contributed by atoms with Gasteiger partial charge in [0.2, 0.25) is 0 Å². The van der Waals surface area contributed by atoms with Crippen LogP contribution in [-0.2, 0) is 17.9 Å². The molecule has 1 aliphatic rings. The van der Waals surface area contributed by atoms with Crippen molar-refractivity contribution >= 4 is 17.6 Å². The number of benzene rings is 1. The molecule has 0 saturated carbocycles. The van der Waals surface area contributed by atoms with Gasteiger partial charge < -0.3 is 9.42 Å². The third-order valence-electron chi connectivity index (χ3n) is 4.87. The van der Waals surface area contributed by atoms with Crippen LogP contribution in [0.4, 0.5) is 10.5 Å². The summed E-state index contributed by atoms with van der Waals surface area (Å²) in [6, 6.07) is 8.60. The summed E-state index contributed by atoms with van der Waals surface area (Å²) in [5.74, 6) is 0.405. The average molecular weight is 390 g/mol. The van der Waals surface area contributed by atoms with Crippen LogP contribution in [0.1, 0.15) is 28.1 Å². The third-order valence-corrected chi connectivity index (χ3v) is 4.87. The first-order valence-corrected chi connectivity index (χ1v) is 9.01. The Morgan fingerprint density at radius 2 is 1.93 bits per heavy atom. The normalized spacial score (nSPS) is 14.0. The number of carbonyl (C=O) groups is 2. The van der Waals surface area contributed by atoms with Gasteiger partial charge in [-0.3, -0.25) is 9.48 Å². The highest BCUT2D eigenvalue weighted by Gasteiger charge is 2.37. The number of carbonyl (C=O) groups excluding carboxylic acids is 2. The van der Waals surface area contributed by atoms with Gasteiger partial charge in [-0.15, -0.1) is 0 Å². The molecule has 0 bridgehead atoms. The molecule has 3 aromatic rings. The molecule has 1 saturated heterocycles. The van der Waals surface area contributed by atoms with Crippen molar-refractivity contribution in [1.29, 1.82) is 5.26 Å². The van der Waals surface area contributed by atoms with Gasteiger partial charge in [-0.25, -0.2) is 9.69 Å². The van der Waals surface area contributed by atoms with Crippen LogP contribution in [0.25, 0.3) is 0 Å². The molecule has 0 unspecified atom stereocenters. The first kappa shape index (κ1) is 18.4. The van der Waals surface area contributed by atoms with Crippen LogP contribution < -0.4 is 4.90 Å². The number of urea groups is 1. The molecule has 0 atom stereocenters. The molecule has 0 radical (unpaired) electrons. The van der Waals surface area contributed by atoms with Gasteiger partial charge >= 0.3 is 6.03 Å². The first-order chi connectivity index (χ1) is 14.0. The summed E-state index contributed by atoms with van der Waals surface area (Å²) < 4.78 is 6.80. The summed E-state index contributed by atoms with van der Waals surface area (Å²) in [5.41, 5.74) is 3.52.